The molecule has 1 saturated heterocycles. The third kappa shape index (κ3) is 2.22. The fourth-order valence-electron chi connectivity index (χ4n) is 1.27. The van der Waals surface area contributed by atoms with Crippen molar-refractivity contribution in [2.24, 2.45) is 0 Å². The van der Waals surface area contributed by atoms with Gasteiger partial charge in [0.15, 0.2) is 0 Å². The molecule has 0 spiro atoms. The molecule has 1 heterocycles. The lowest BCUT2D eigenvalue weighted by molar-refractivity contribution is 0.762. The van der Waals surface area contributed by atoms with E-state index in [-0.39, 0.29) is 0 Å². The highest BCUT2D eigenvalue weighted by Gasteiger charge is 2.33. The van der Waals surface area contributed by atoms with Gasteiger partial charge in [0.2, 0.25) is 0 Å². The molecule has 1 fully saturated rings. The van der Waals surface area contributed by atoms with E-state index in [1.54, 1.807) is 0 Å². The second-order valence-corrected chi connectivity index (χ2v) is 4.23. The van der Waals surface area contributed by atoms with Crippen molar-refractivity contribution >= 4 is 29.1 Å². The Morgan fingerprint density at radius 1 is 1.18 bits per heavy atom. The van der Waals surface area contributed by atoms with Crippen LogP contribution in [0.15, 0.2) is 0 Å². The average molecular weight is 169 g/mol. The van der Waals surface area contributed by atoms with Crippen LogP contribution < -0.4 is 10.3 Å². The molecule has 3 nitrogen and oxygen atoms in total. The maximum Gasteiger partial charge on any atom is 0.310 e. The molecule has 0 bridgehead atoms. The van der Waals surface area contributed by atoms with Crippen LogP contribution in [-0.4, -0.2) is 39.1 Å². The van der Waals surface area contributed by atoms with Crippen LogP contribution >= 0.6 is 8.46 Å². The standard InChI is InChI=1S/C4H15B3N3P/c1-5-8-7(11-4)9-6(2)10(5)3/h8-9,11H,1-4H3. The second-order valence-electron chi connectivity index (χ2n) is 3.07. The van der Waals surface area contributed by atoms with Gasteiger partial charge in [-0.05, 0) is 7.05 Å². The molecule has 0 saturated carbocycles. The predicted octanol–water partition coefficient (Wildman–Crippen LogP) is -0.360. The number of rotatable bonds is 1. The van der Waals surface area contributed by atoms with Crippen LogP contribution in [0.3, 0.4) is 0 Å². The van der Waals surface area contributed by atoms with Crippen LogP contribution in [0.5, 0.6) is 0 Å². The summed E-state index contributed by atoms with van der Waals surface area (Å²) >= 11 is 0. The molecule has 1 aliphatic heterocycles. The van der Waals surface area contributed by atoms with E-state index in [4.69, 9.17) is 0 Å². The van der Waals surface area contributed by atoms with Crippen LogP contribution in [0.1, 0.15) is 0 Å². The van der Waals surface area contributed by atoms with Gasteiger partial charge in [-0.1, -0.05) is 20.3 Å². The molecule has 1 unspecified atom stereocenters. The lowest BCUT2D eigenvalue weighted by atomic mass is 9.55. The van der Waals surface area contributed by atoms with Crippen molar-refractivity contribution in [2.45, 2.75) is 13.6 Å². The third-order valence-corrected chi connectivity index (χ3v) is 3.24. The smallest absolute Gasteiger partial charge is 0.310 e. The van der Waals surface area contributed by atoms with Crippen LogP contribution in [0.4, 0.5) is 0 Å². The fraction of sp³-hybridized carbons (Fsp3) is 1.00. The molecule has 11 heavy (non-hydrogen) atoms. The van der Waals surface area contributed by atoms with Gasteiger partial charge in [-0.3, -0.25) is 0 Å². The minimum absolute atomic E-state index is 0.490. The predicted molar refractivity (Wildman–Crippen MR) is 57.3 cm³/mol. The first-order valence-electron chi connectivity index (χ1n) is 4.06. The van der Waals surface area contributed by atoms with E-state index in [9.17, 15) is 0 Å². The van der Waals surface area contributed by atoms with Crippen molar-refractivity contribution in [3.63, 3.8) is 0 Å². The highest BCUT2D eigenvalue weighted by Crippen LogP contribution is 2.09. The minimum Gasteiger partial charge on any atom is -0.367 e. The van der Waals surface area contributed by atoms with Crippen LogP contribution in [0.25, 0.3) is 0 Å². The second kappa shape index (κ2) is 3.95. The first-order chi connectivity index (χ1) is 5.15. The normalized spacial score (nSPS) is 22.4. The lowest BCUT2D eigenvalue weighted by Crippen LogP contribution is -2.71. The largest absolute Gasteiger partial charge is 0.367 e. The Bertz CT molecular complexity index is 126. The molecule has 7 heteroatoms. The van der Waals surface area contributed by atoms with Crippen LogP contribution in [-0.2, 0) is 0 Å². The highest BCUT2D eigenvalue weighted by atomic mass is 31.1. The van der Waals surface area contributed by atoms with Gasteiger partial charge in [-0.15, -0.1) is 8.46 Å². The quantitative estimate of drug-likeness (QED) is 0.414. The Morgan fingerprint density at radius 3 is 2.00 bits per heavy atom. The Hall–Kier alpha value is 0.505. The molecule has 1 rings (SSSR count). The molecular weight excluding hydrogens is 153 g/mol. The van der Waals surface area contributed by atoms with E-state index in [1.807, 2.05) is 0 Å². The summed E-state index contributed by atoms with van der Waals surface area (Å²) in [7, 11) is 3.05. The maximum atomic E-state index is 3.47. The Morgan fingerprint density at radius 2 is 1.64 bits per heavy atom. The van der Waals surface area contributed by atoms with E-state index < -0.39 is 0 Å². The SMILES string of the molecule is CPB1NB(C)N(C)B(C)N1. The monoisotopic (exact) mass is 169 g/mol. The van der Waals surface area contributed by atoms with Gasteiger partial charge in [-0.25, -0.2) is 0 Å². The van der Waals surface area contributed by atoms with Gasteiger partial charge < -0.3 is 15.0 Å². The summed E-state index contributed by atoms with van der Waals surface area (Å²) in [4.78, 5) is 0. The van der Waals surface area contributed by atoms with E-state index in [1.165, 1.54) is 0 Å². The first-order valence-corrected chi connectivity index (χ1v) is 5.64. The molecule has 1 aliphatic rings. The zero-order chi connectivity index (χ0) is 8.43. The molecule has 2 N–H and O–H groups in total. The van der Waals surface area contributed by atoms with E-state index in [0.29, 0.717) is 20.7 Å². The summed E-state index contributed by atoms with van der Waals surface area (Å²) in [6.45, 7) is 8.10. The molecule has 0 aromatic heterocycles. The zero-order valence-corrected chi connectivity index (χ0v) is 8.68. The molecule has 0 radical (unpaired) electrons. The minimum atomic E-state index is 0.490. The Labute approximate surface area is 72.2 Å². The average Bonchev–Trinajstić information content (AvgIpc) is 1.99. The summed E-state index contributed by atoms with van der Waals surface area (Å²) in [5.41, 5.74) is 0. The van der Waals surface area contributed by atoms with Crippen molar-refractivity contribution in [2.75, 3.05) is 13.7 Å². The number of nitrogens with one attached hydrogen (secondary N) is 2. The van der Waals surface area contributed by atoms with Crippen molar-refractivity contribution in [1.82, 2.24) is 15.0 Å². The van der Waals surface area contributed by atoms with E-state index >= 15 is 0 Å². The topological polar surface area (TPSA) is 27.3 Å². The number of hydrogen-bond donors (Lipinski definition) is 2. The molecule has 0 amide bonds. The molecule has 60 valence electrons. The Kier molecular flexibility index (Phi) is 3.44. The van der Waals surface area contributed by atoms with Crippen molar-refractivity contribution in [3.05, 3.63) is 0 Å². The van der Waals surface area contributed by atoms with Crippen molar-refractivity contribution in [3.8, 4) is 0 Å². The first kappa shape index (κ1) is 9.59. The molecule has 0 aromatic rings. The van der Waals surface area contributed by atoms with E-state index in [2.05, 4.69) is 42.4 Å². The highest BCUT2D eigenvalue weighted by molar-refractivity contribution is 7.75. The summed E-state index contributed by atoms with van der Waals surface area (Å²) in [5, 5.41) is 6.95. The molecular formula is C4H15B3N3P. The summed E-state index contributed by atoms with van der Waals surface area (Å²) in [5.74, 6) is 0. The number of nitrogens with zero attached hydrogens (tertiary/aromatic N) is 1. The summed E-state index contributed by atoms with van der Waals surface area (Å²) in [6.07, 6.45) is 0. The van der Waals surface area contributed by atoms with Gasteiger partial charge in [0.1, 0.15) is 0 Å². The van der Waals surface area contributed by atoms with Gasteiger partial charge >= 0.3 is 6.70 Å². The summed E-state index contributed by atoms with van der Waals surface area (Å²) < 4.78 is 2.29. The Balaban J connectivity index is 2.47. The van der Waals surface area contributed by atoms with Crippen molar-refractivity contribution in [1.29, 1.82) is 0 Å². The maximum absolute atomic E-state index is 3.47. The third-order valence-electron chi connectivity index (χ3n) is 2.33. The van der Waals surface area contributed by atoms with Crippen molar-refractivity contribution < 1.29 is 0 Å². The van der Waals surface area contributed by atoms with Gasteiger partial charge in [-0.2, -0.15) is 0 Å². The van der Waals surface area contributed by atoms with Gasteiger partial charge in [0, 0.05) is 0 Å². The van der Waals surface area contributed by atoms with Crippen LogP contribution in [0.2, 0.25) is 13.6 Å². The fourth-order valence-corrected chi connectivity index (χ4v) is 2.08. The van der Waals surface area contributed by atoms with Gasteiger partial charge in [0.25, 0.3) is 14.0 Å². The van der Waals surface area contributed by atoms with Crippen LogP contribution in [0, 0.1) is 0 Å². The molecule has 0 aliphatic carbocycles. The van der Waals surface area contributed by atoms with Gasteiger partial charge in [0.05, 0.1) is 0 Å². The number of hydrogen-bond acceptors (Lipinski definition) is 3. The lowest BCUT2D eigenvalue weighted by Gasteiger charge is -2.36. The summed E-state index contributed by atoms with van der Waals surface area (Å²) in [6, 6.07) is 0. The zero-order valence-electron chi connectivity index (χ0n) is 7.68. The molecule has 1 atom stereocenters. The molecule has 0 aromatic carbocycles. The van der Waals surface area contributed by atoms with E-state index in [0.717, 1.165) is 8.46 Å².